The molecule has 0 saturated heterocycles. The Morgan fingerprint density at radius 3 is 2.36 bits per heavy atom. The first-order valence-corrected chi connectivity index (χ1v) is 7.54. The molecular weight excluding hydrogens is 346 g/mol. The van der Waals surface area contributed by atoms with E-state index in [9.17, 15) is 0 Å². The summed E-state index contributed by atoms with van der Waals surface area (Å²) in [6, 6.07) is 11.9. The Labute approximate surface area is 136 Å². The Kier molecular flexibility index (Phi) is 3.94. The fraction of sp³-hybridized carbons (Fsp3) is 0.188. The monoisotopic (exact) mass is 361 g/mol. The summed E-state index contributed by atoms with van der Waals surface area (Å²) in [6.45, 7) is 0.644. The molecule has 0 aliphatic rings. The summed E-state index contributed by atoms with van der Waals surface area (Å²) < 4.78 is 13.7. The highest BCUT2D eigenvalue weighted by Gasteiger charge is 2.13. The van der Waals surface area contributed by atoms with Gasteiger partial charge in [0.25, 0.3) is 0 Å². The van der Waals surface area contributed by atoms with Crippen molar-refractivity contribution in [3.05, 3.63) is 46.4 Å². The van der Waals surface area contributed by atoms with Crippen LogP contribution in [0.4, 0.5) is 5.95 Å². The van der Waals surface area contributed by atoms with E-state index in [1.807, 2.05) is 28.8 Å². The number of anilines is 1. The molecule has 114 valence electrons. The molecule has 0 atom stereocenters. The lowest BCUT2D eigenvalue weighted by Crippen LogP contribution is -2.04. The molecule has 3 rings (SSSR count). The number of hydrogen-bond acceptors (Lipinski definition) is 4. The molecule has 0 aliphatic heterocycles. The van der Waals surface area contributed by atoms with Crippen molar-refractivity contribution in [2.45, 2.75) is 6.54 Å². The first-order chi connectivity index (χ1) is 10.6. The van der Waals surface area contributed by atoms with Crippen molar-refractivity contribution < 1.29 is 9.47 Å². The normalized spacial score (nSPS) is 10.9. The molecule has 6 heteroatoms. The first-order valence-electron chi connectivity index (χ1n) is 6.74. The smallest absolute Gasteiger partial charge is 0.201 e. The van der Waals surface area contributed by atoms with Crippen LogP contribution in [0.2, 0.25) is 0 Å². The highest BCUT2D eigenvalue weighted by atomic mass is 79.9. The van der Waals surface area contributed by atoms with Gasteiger partial charge in [0.1, 0.15) is 0 Å². The third-order valence-electron chi connectivity index (χ3n) is 3.54. The lowest BCUT2D eigenvalue weighted by molar-refractivity contribution is 0.355. The zero-order chi connectivity index (χ0) is 15.7. The van der Waals surface area contributed by atoms with Crippen molar-refractivity contribution in [1.82, 2.24) is 9.55 Å². The molecule has 0 aliphatic carbocycles. The molecule has 0 saturated carbocycles. The van der Waals surface area contributed by atoms with E-state index in [2.05, 4.69) is 33.0 Å². The van der Waals surface area contributed by atoms with Gasteiger partial charge in [-0.1, -0.05) is 28.1 Å². The molecule has 2 N–H and O–H groups in total. The van der Waals surface area contributed by atoms with Crippen LogP contribution in [-0.4, -0.2) is 23.8 Å². The molecule has 0 spiro atoms. The minimum atomic E-state index is 0.466. The van der Waals surface area contributed by atoms with E-state index in [4.69, 9.17) is 15.2 Å². The van der Waals surface area contributed by atoms with E-state index >= 15 is 0 Å². The van der Waals surface area contributed by atoms with E-state index in [1.165, 1.54) is 0 Å². The zero-order valence-corrected chi connectivity index (χ0v) is 13.9. The van der Waals surface area contributed by atoms with Gasteiger partial charge in [-0.2, -0.15) is 0 Å². The number of aromatic nitrogens is 2. The van der Waals surface area contributed by atoms with Gasteiger partial charge in [0.05, 0.1) is 31.8 Å². The third-order valence-corrected chi connectivity index (χ3v) is 4.07. The minimum Gasteiger partial charge on any atom is -0.493 e. The van der Waals surface area contributed by atoms with Crippen molar-refractivity contribution in [3.8, 4) is 11.5 Å². The van der Waals surface area contributed by atoms with Crippen molar-refractivity contribution in [3.63, 3.8) is 0 Å². The number of imidazole rings is 1. The summed E-state index contributed by atoms with van der Waals surface area (Å²) >= 11 is 3.44. The topological polar surface area (TPSA) is 62.3 Å². The molecule has 5 nitrogen and oxygen atoms in total. The van der Waals surface area contributed by atoms with Gasteiger partial charge in [-0.15, -0.1) is 0 Å². The van der Waals surface area contributed by atoms with Crippen LogP contribution < -0.4 is 15.2 Å². The zero-order valence-electron chi connectivity index (χ0n) is 12.3. The summed E-state index contributed by atoms with van der Waals surface area (Å²) in [4.78, 5) is 4.41. The maximum absolute atomic E-state index is 6.08. The van der Waals surface area contributed by atoms with Gasteiger partial charge in [-0.3, -0.25) is 0 Å². The summed E-state index contributed by atoms with van der Waals surface area (Å²) in [5.74, 6) is 1.77. The molecule has 2 aromatic carbocycles. The van der Waals surface area contributed by atoms with Gasteiger partial charge in [0, 0.05) is 16.6 Å². The van der Waals surface area contributed by atoms with Crippen molar-refractivity contribution in [2.75, 3.05) is 20.0 Å². The molecular formula is C16H16BrN3O2. The number of nitrogens with zero attached hydrogens (tertiary/aromatic N) is 2. The van der Waals surface area contributed by atoms with Gasteiger partial charge in [-0.25, -0.2) is 4.98 Å². The van der Waals surface area contributed by atoms with Crippen molar-refractivity contribution >= 4 is 32.9 Å². The Hall–Kier alpha value is -2.21. The standard InChI is InChI=1S/C16H16BrN3O2/c1-21-14-7-12-13(8-15(14)22-2)20(16(18)19-12)9-10-3-5-11(17)6-4-10/h3-8H,9H2,1-2H3,(H2,18,19). The fourth-order valence-corrected chi connectivity index (χ4v) is 2.67. The number of ether oxygens (including phenoxy) is 2. The third kappa shape index (κ3) is 2.62. The summed E-state index contributed by atoms with van der Waals surface area (Å²) in [5.41, 5.74) is 8.92. The fourth-order valence-electron chi connectivity index (χ4n) is 2.41. The average molecular weight is 362 g/mol. The maximum Gasteiger partial charge on any atom is 0.201 e. The lowest BCUT2D eigenvalue weighted by Gasteiger charge is -2.10. The molecule has 0 unspecified atom stereocenters. The van der Waals surface area contributed by atoms with Gasteiger partial charge >= 0.3 is 0 Å². The summed E-state index contributed by atoms with van der Waals surface area (Å²) in [6.07, 6.45) is 0. The van der Waals surface area contributed by atoms with Crippen LogP contribution in [0.15, 0.2) is 40.9 Å². The quantitative estimate of drug-likeness (QED) is 0.772. The van der Waals surface area contributed by atoms with Crippen LogP contribution in [0.25, 0.3) is 11.0 Å². The average Bonchev–Trinajstić information content (AvgIpc) is 2.83. The molecule has 1 aromatic heterocycles. The largest absolute Gasteiger partial charge is 0.493 e. The number of hydrogen-bond donors (Lipinski definition) is 1. The molecule has 1 heterocycles. The molecule has 0 bridgehead atoms. The Morgan fingerprint density at radius 2 is 1.73 bits per heavy atom. The number of methoxy groups -OCH3 is 2. The van der Waals surface area contributed by atoms with E-state index in [1.54, 1.807) is 14.2 Å². The van der Waals surface area contributed by atoms with Crippen LogP contribution in [0.3, 0.4) is 0 Å². The number of nitrogens with two attached hydrogens (primary N) is 1. The molecule has 3 aromatic rings. The van der Waals surface area contributed by atoms with Crippen molar-refractivity contribution in [2.24, 2.45) is 0 Å². The first kappa shape index (κ1) is 14.7. The van der Waals surface area contributed by atoms with E-state index < -0.39 is 0 Å². The number of nitrogen functional groups attached to an aromatic ring is 1. The van der Waals surface area contributed by atoms with E-state index in [0.29, 0.717) is 24.0 Å². The predicted octanol–water partition coefficient (Wildman–Crippen LogP) is 3.45. The number of benzene rings is 2. The number of halogens is 1. The number of fused-ring (bicyclic) bond motifs is 1. The molecule has 0 radical (unpaired) electrons. The Morgan fingerprint density at radius 1 is 1.09 bits per heavy atom. The van der Waals surface area contributed by atoms with Crippen molar-refractivity contribution in [1.29, 1.82) is 0 Å². The van der Waals surface area contributed by atoms with Gasteiger partial charge in [0.15, 0.2) is 11.5 Å². The van der Waals surface area contributed by atoms with Crippen LogP contribution in [-0.2, 0) is 6.54 Å². The van der Waals surface area contributed by atoms with Crippen LogP contribution in [0, 0.1) is 0 Å². The predicted molar refractivity (Wildman–Crippen MR) is 90.5 cm³/mol. The SMILES string of the molecule is COc1cc2nc(N)n(Cc3ccc(Br)cc3)c2cc1OC. The molecule has 0 fully saturated rings. The number of rotatable bonds is 4. The second-order valence-corrected chi connectivity index (χ2v) is 5.79. The van der Waals surface area contributed by atoms with E-state index in [0.717, 1.165) is 21.1 Å². The lowest BCUT2D eigenvalue weighted by atomic mass is 10.2. The summed E-state index contributed by atoms with van der Waals surface area (Å²) in [5, 5.41) is 0. The van der Waals surface area contributed by atoms with E-state index in [-0.39, 0.29) is 0 Å². The Bertz CT molecular complexity index is 812. The van der Waals surface area contributed by atoms with Crippen LogP contribution in [0.1, 0.15) is 5.56 Å². The van der Waals surface area contributed by atoms with Gasteiger partial charge < -0.3 is 19.8 Å². The van der Waals surface area contributed by atoms with Crippen LogP contribution in [0.5, 0.6) is 11.5 Å². The summed E-state index contributed by atoms with van der Waals surface area (Å²) in [7, 11) is 3.22. The molecule has 22 heavy (non-hydrogen) atoms. The van der Waals surface area contributed by atoms with Gasteiger partial charge in [-0.05, 0) is 17.7 Å². The van der Waals surface area contributed by atoms with Gasteiger partial charge in [0.2, 0.25) is 5.95 Å². The maximum atomic E-state index is 6.08. The second kappa shape index (κ2) is 5.88. The van der Waals surface area contributed by atoms with Crippen LogP contribution >= 0.6 is 15.9 Å². The molecule has 0 amide bonds. The second-order valence-electron chi connectivity index (χ2n) is 4.88. The minimum absolute atomic E-state index is 0.466. The highest BCUT2D eigenvalue weighted by molar-refractivity contribution is 9.10. The highest BCUT2D eigenvalue weighted by Crippen LogP contribution is 2.33. The Balaban J connectivity index is 2.08.